The second-order valence-corrected chi connectivity index (χ2v) is 2.76. The predicted molar refractivity (Wildman–Crippen MR) is 46.7 cm³/mol. The molecular formula is C7H9N5O. The number of hydrogen-bond donors (Lipinski definition) is 3. The van der Waals surface area contributed by atoms with Crippen LogP contribution in [-0.2, 0) is 0 Å². The smallest absolute Gasteiger partial charge is 0.183 e. The number of aliphatic hydroxyl groups is 1. The molecule has 0 aliphatic heterocycles. The van der Waals surface area contributed by atoms with Gasteiger partial charge in [-0.3, -0.25) is 0 Å². The van der Waals surface area contributed by atoms with Gasteiger partial charge in [0.25, 0.3) is 0 Å². The van der Waals surface area contributed by atoms with Crippen molar-refractivity contribution in [2.45, 2.75) is 13.0 Å². The number of fused-ring (bicyclic) bond motifs is 1. The van der Waals surface area contributed by atoms with Gasteiger partial charge in [-0.15, -0.1) is 0 Å². The lowest BCUT2D eigenvalue weighted by atomic mass is 10.4. The van der Waals surface area contributed by atoms with Gasteiger partial charge >= 0.3 is 0 Å². The molecular weight excluding hydrogens is 170 g/mol. The number of anilines is 1. The highest BCUT2D eigenvalue weighted by Gasteiger charge is 2.10. The van der Waals surface area contributed by atoms with Crippen LogP contribution in [0.15, 0.2) is 6.33 Å². The van der Waals surface area contributed by atoms with Crippen LogP contribution in [0.2, 0.25) is 0 Å². The minimum absolute atomic E-state index is 0.337. The van der Waals surface area contributed by atoms with E-state index >= 15 is 0 Å². The summed E-state index contributed by atoms with van der Waals surface area (Å²) in [4.78, 5) is 14.6. The standard InChI is InChI=1S/C7H9N5O/c1-3(13)6-11-4-5(8)9-2-10-7(4)12-6/h2-3,13H,1H3,(H3,8,9,10,11,12)/t3-/m0/s1. The summed E-state index contributed by atoms with van der Waals surface area (Å²) in [7, 11) is 0. The summed E-state index contributed by atoms with van der Waals surface area (Å²) in [5.74, 6) is 0.784. The monoisotopic (exact) mass is 179 g/mol. The Hall–Kier alpha value is -1.69. The van der Waals surface area contributed by atoms with Crippen LogP contribution in [0.3, 0.4) is 0 Å². The van der Waals surface area contributed by atoms with Crippen LogP contribution in [-0.4, -0.2) is 25.0 Å². The largest absolute Gasteiger partial charge is 0.385 e. The summed E-state index contributed by atoms with van der Waals surface area (Å²) < 4.78 is 0. The van der Waals surface area contributed by atoms with E-state index < -0.39 is 6.10 Å². The van der Waals surface area contributed by atoms with Gasteiger partial charge in [0.1, 0.15) is 23.8 Å². The molecule has 0 aliphatic rings. The van der Waals surface area contributed by atoms with Crippen LogP contribution in [0, 0.1) is 0 Å². The number of imidazole rings is 1. The van der Waals surface area contributed by atoms with Crippen molar-refractivity contribution in [3.63, 3.8) is 0 Å². The fraction of sp³-hybridized carbons (Fsp3) is 0.286. The molecule has 0 unspecified atom stereocenters. The number of aliphatic hydroxyl groups excluding tert-OH is 1. The maximum Gasteiger partial charge on any atom is 0.183 e. The molecule has 0 bridgehead atoms. The highest BCUT2D eigenvalue weighted by atomic mass is 16.3. The first-order valence-corrected chi connectivity index (χ1v) is 3.82. The van der Waals surface area contributed by atoms with Crippen molar-refractivity contribution in [1.82, 2.24) is 19.9 Å². The van der Waals surface area contributed by atoms with Crippen LogP contribution in [0.5, 0.6) is 0 Å². The van der Waals surface area contributed by atoms with Gasteiger partial charge in [-0.2, -0.15) is 0 Å². The van der Waals surface area contributed by atoms with E-state index in [-0.39, 0.29) is 0 Å². The molecule has 0 spiro atoms. The van der Waals surface area contributed by atoms with Crippen molar-refractivity contribution in [3.8, 4) is 0 Å². The van der Waals surface area contributed by atoms with Crippen LogP contribution < -0.4 is 5.73 Å². The molecule has 6 heteroatoms. The van der Waals surface area contributed by atoms with E-state index in [9.17, 15) is 5.11 Å². The first-order valence-electron chi connectivity index (χ1n) is 3.82. The van der Waals surface area contributed by atoms with Crippen molar-refractivity contribution in [3.05, 3.63) is 12.2 Å². The molecule has 0 radical (unpaired) electrons. The topological polar surface area (TPSA) is 101 Å². The fourth-order valence-electron chi connectivity index (χ4n) is 1.06. The van der Waals surface area contributed by atoms with Gasteiger partial charge in [0.2, 0.25) is 0 Å². The molecule has 0 aromatic carbocycles. The van der Waals surface area contributed by atoms with Gasteiger partial charge in [-0.1, -0.05) is 0 Å². The summed E-state index contributed by atoms with van der Waals surface area (Å²) in [6.07, 6.45) is 0.679. The number of aromatic nitrogens is 4. The number of nitrogen functional groups attached to an aromatic ring is 1. The van der Waals surface area contributed by atoms with Gasteiger partial charge in [-0.25, -0.2) is 15.0 Å². The molecule has 2 rings (SSSR count). The Morgan fingerprint density at radius 1 is 1.54 bits per heavy atom. The van der Waals surface area contributed by atoms with E-state index in [1.165, 1.54) is 6.33 Å². The van der Waals surface area contributed by atoms with Crippen LogP contribution in [0.25, 0.3) is 11.2 Å². The molecule has 4 N–H and O–H groups in total. The van der Waals surface area contributed by atoms with E-state index in [1.807, 2.05) is 0 Å². The molecule has 6 nitrogen and oxygen atoms in total. The zero-order chi connectivity index (χ0) is 9.42. The average molecular weight is 179 g/mol. The van der Waals surface area contributed by atoms with Gasteiger partial charge in [0.15, 0.2) is 11.5 Å². The SMILES string of the molecule is C[C@H](O)c1nc2ncnc(N)c2[nH]1. The average Bonchev–Trinajstić information content (AvgIpc) is 2.49. The van der Waals surface area contributed by atoms with Crippen LogP contribution in [0.1, 0.15) is 18.9 Å². The van der Waals surface area contributed by atoms with E-state index in [1.54, 1.807) is 6.92 Å². The number of hydrogen-bond acceptors (Lipinski definition) is 5. The third-order valence-corrected chi connectivity index (χ3v) is 1.73. The Labute approximate surface area is 73.8 Å². The molecule has 0 saturated heterocycles. The highest BCUT2D eigenvalue weighted by Crippen LogP contribution is 2.16. The van der Waals surface area contributed by atoms with Crippen LogP contribution >= 0.6 is 0 Å². The summed E-state index contributed by atoms with van der Waals surface area (Å²) in [6.45, 7) is 1.61. The molecule has 2 aromatic heterocycles. The van der Waals surface area contributed by atoms with Crippen molar-refractivity contribution < 1.29 is 5.11 Å². The van der Waals surface area contributed by atoms with Gasteiger partial charge < -0.3 is 15.8 Å². The van der Waals surface area contributed by atoms with Crippen molar-refractivity contribution >= 4 is 17.0 Å². The second kappa shape index (κ2) is 2.67. The van der Waals surface area contributed by atoms with Gasteiger partial charge in [0.05, 0.1) is 0 Å². The number of aromatic amines is 1. The molecule has 0 amide bonds. The van der Waals surface area contributed by atoms with Crippen molar-refractivity contribution in [2.75, 3.05) is 5.73 Å². The van der Waals surface area contributed by atoms with Gasteiger partial charge in [0, 0.05) is 0 Å². The van der Waals surface area contributed by atoms with E-state index in [0.717, 1.165) is 0 Å². The Morgan fingerprint density at radius 2 is 2.31 bits per heavy atom. The normalized spacial score (nSPS) is 13.4. The first-order chi connectivity index (χ1) is 6.18. The number of rotatable bonds is 1. The molecule has 2 aromatic rings. The number of nitrogens with one attached hydrogen (secondary N) is 1. The summed E-state index contributed by atoms with van der Waals surface area (Å²) in [6, 6.07) is 0. The number of nitrogens with zero attached hydrogens (tertiary/aromatic N) is 3. The summed E-state index contributed by atoms with van der Waals surface area (Å²) >= 11 is 0. The maximum absolute atomic E-state index is 9.23. The Kier molecular flexibility index (Phi) is 1.63. The van der Waals surface area contributed by atoms with E-state index in [4.69, 9.17) is 5.73 Å². The molecule has 0 saturated carbocycles. The minimum atomic E-state index is -0.659. The molecule has 1 atom stereocenters. The van der Waals surface area contributed by atoms with Crippen molar-refractivity contribution in [2.24, 2.45) is 0 Å². The molecule has 68 valence electrons. The Morgan fingerprint density at radius 3 is 2.92 bits per heavy atom. The van der Waals surface area contributed by atoms with Crippen molar-refractivity contribution in [1.29, 1.82) is 0 Å². The molecule has 0 aliphatic carbocycles. The number of H-pyrrole nitrogens is 1. The Bertz CT molecular complexity index is 435. The Balaban J connectivity index is 2.68. The zero-order valence-electron chi connectivity index (χ0n) is 7.02. The van der Waals surface area contributed by atoms with E-state index in [2.05, 4.69) is 19.9 Å². The summed E-state index contributed by atoms with van der Waals surface area (Å²) in [5, 5.41) is 9.23. The molecule has 2 heterocycles. The van der Waals surface area contributed by atoms with Crippen LogP contribution in [0.4, 0.5) is 5.82 Å². The molecule has 0 fully saturated rings. The fourth-order valence-corrected chi connectivity index (χ4v) is 1.06. The minimum Gasteiger partial charge on any atom is -0.385 e. The molecule has 13 heavy (non-hydrogen) atoms. The lowest BCUT2D eigenvalue weighted by Crippen LogP contribution is -1.93. The zero-order valence-corrected chi connectivity index (χ0v) is 7.02. The lowest BCUT2D eigenvalue weighted by Gasteiger charge is -1.95. The third kappa shape index (κ3) is 1.20. The lowest BCUT2D eigenvalue weighted by molar-refractivity contribution is 0.190. The highest BCUT2D eigenvalue weighted by molar-refractivity contribution is 5.80. The third-order valence-electron chi connectivity index (χ3n) is 1.73. The maximum atomic E-state index is 9.23. The number of nitrogens with two attached hydrogens (primary N) is 1. The summed E-state index contributed by atoms with van der Waals surface area (Å²) in [5.41, 5.74) is 6.61. The quantitative estimate of drug-likeness (QED) is 0.571. The van der Waals surface area contributed by atoms with Gasteiger partial charge in [-0.05, 0) is 6.92 Å². The second-order valence-electron chi connectivity index (χ2n) is 2.76. The van der Waals surface area contributed by atoms with E-state index in [0.29, 0.717) is 22.8 Å². The predicted octanol–water partition coefficient (Wildman–Crippen LogP) is -0.0116. The first kappa shape index (κ1) is 7.93.